The number of nitrogens with one attached hydrogen (secondary N) is 2. The molecule has 0 fully saturated rings. The highest BCUT2D eigenvalue weighted by Crippen LogP contribution is 2.20. The monoisotopic (exact) mass is 417 g/mol. The van der Waals surface area contributed by atoms with Crippen LogP contribution >= 0.6 is 0 Å². The third kappa shape index (κ3) is 4.47. The van der Waals surface area contributed by atoms with Gasteiger partial charge in [0, 0.05) is 11.9 Å². The minimum Gasteiger partial charge on any atom is -0.326 e. The van der Waals surface area contributed by atoms with Gasteiger partial charge in [-0.1, -0.05) is 48.5 Å². The summed E-state index contributed by atoms with van der Waals surface area (Å²) in [5, 5.41) is 4.94. The lowest BCUT2D eigenvalue weighted by Gasteiger charge is -2.10. The number of carbonyl (C=O) groups is 1. The van der Waals surface area contributed by atoms with E-state index in [1.54, 1.807) is 30.3 Å². The number of hydrogen-bond donors (Lipinski definition) is 2. The predicted molar refractivity (Wildman–Crippen MR) is 118 cm³/mol. The van der Waals surface area contributed by atoms with Crippen LogP contribution in [0.3, 0.4) is 0 Å². The first-order valence-corrected chi connectivity index (χ1v) is 10.8. The summed E-state index contributed by atoms with van der Waals surface area (Å²) < 4.78 is 27.3. The Hall–Kier alpha value is -3.71. The van der Waals surface area contributed by atoms with Crippen LogP contribution in [0.25, 0.3) is 10.8 Å². The van der Waals surface area contributed by atoms with Crippen molar-refractivity contribution in [3.63, 3.8) is 0 Å². The molecule has 0 aliphatic rings. The van der Waals surface area contributed by atoms with Crippen molar-refractivity contribution >= 4 is 38.2 Å². The zero-order valence-corrected chi connectivity index (χ0v) is 16.8. The lowest BCUT2D eigenvalue weighted by Crippen LogP contribution is -2.16. The van der Waals surface area contributed by atoms with Crippen LogP contribution in [-0.2, 0) is 21.2 Å². The molecule has 0 radical (unpaired) electrons. The van der Waals surface area contributed by atoms with Crippen LogP contribution in [-0.4, -0.2) is 19.3 Å². The molecular weight excluding hydrogens is 398 g/mol. The van der Waals surface area contributed by atoms with Crippen LogP contribution in [0.15, 0.2) is 96.0 Å². The second-order valence-electron chi connectivity index (χ2n) is 6.71. The van der Waals surface area contributed by atoms with Gasteiger partial charge in [0.25, 0.3) is 10.0 Å². The Morgan fingerprint density at radius 3 is 2.33 bits per heavy atom. The van der Waals surface area contributed by atoms with Crippen molar-refractivity contribution in [2.24, 2.45) is 0 Å². The summed E-state index contributed by atoms with van der Waals surface area (Å²) in [6, 6.07) is 24.8. The maximum absolute atomic E-state index is 12.5. The van der Waals surface area contributed by atoms with Crippen LogP contribution in [0.4, 0.5) is 11.5 Å². The Bertz CT molecular complexity index is 1280. The van der Waals surface area contributed by atoms with E-state index in [1.807, 2.05) is 42.5 Å². The molecule has 6 nitrogen and oxygen atoms in total. The Morgan fingerprint density at radius 1 is 0.833 bits per heavy atom. The second kappa shape index (κ2) is 8.34. The van der Waals surface area contributed by atoms with E-state index in [0.717, 1.165) is 16.3 Å². The number of benzene rings is 3. The lowest BCUT2D eigenvalue weighted by atomic mass is 10.0. The van der Waals surface area contributed by atoms with Gasteiger partial charge in [-0.05, 0) is 52.7 Å². The molecule has 0 bridgehead atoms. The highest BCUT2D eigenvalue weighted by Gasteiger charge is 2.15. The van der Waals surface area contributed by atoms with E-state index in [2.05, 4.69) is 15.0 Å². The first-order chi connectivity index (χ1) is 14.5. The number of carbonyl (C=O) groups excluding carboxylic acids is 1. The van der Waals surface area contributed by atoms with Crippen molar-refractivity contribution in [1.82, 2.24) is 4.98 Å². The van der Waals surface area contributed by atoms with Crippen LogP contribution < -0.4 is 10.0 Å². The smallest absolute Gasteiger partial charge is 0.263 e. The molecule has 1 amide bonds. The molecule has 1 heterocycles. The first kappa shape index (κ1) is 19.6. The number of aromatic nitrogens is 1. The van der Waals surface area contributed by atoms with E-state index >= 15 is 0 Å². The van der Waals surface area contributed by atoms with Gasteiger partial charge in [-0.25, -0.2) is 13.4 Å². The van der Waals surface area contributed by atoms with Crippen LogP contribution in [0.1, 0.15) is 5.56 Å². The fourth-order valence-electron chi connectivity index (χ4n) is 3.16. The van der Waals surface area contributed by atoms with Gasteiger partial charge < -0.3 is 5.32 Å². The summed E-state index contributed by atoms with van der Waals surface area (Å²) in [7, 11) is -3.76. The summed E-state index contributed by atoms with van der Waals surface area (Å²) in [5.74, 6) is 0.0681. The summed E-state index contributed by atoms with van der Waals surface area (Å²) >= 11 is 0. The van der Waals surface area contributed by atoms with Gasteiger partial charge in [0.2, 0.25) is 5.91 Å². The minimum absolute atomic E-state index is 0.0835. The number of sulfonamides is 1. The third-order valence-corrected chi connectivity index (χ3v) is 5.95. The Morgan fingerprint density at radius 2 is 1.57 bits per heavy atom. The summed E-state index contributed by atoms with van der Waals surface area (Å²) in [6.07, 6.45) is 1.73. The van der Waals surface area contributed by atoms with E-state index in [0.29, 0.717) is 5.69 Å². The number of nitrogens with zero attached hydrogens (tertiary/aromatic N) is 1. The average Bonchev–Trinajstić information content (AvgIpc) is 2.75. The molecule has 0 atom stereocenters. The fraction of sp³-hybridized carbons (Fsp3) is 0.0435. The van der Waals surface area contributed by atoms with Crippen molar-refractivity contribution in [3.8, 4) is 0 Å². The van der Waals surface area contributed by atoms with Gasteiger partial charge in [-0.2, -0.15) is 0 Å². The largest absolute Gasteiger partial charge is 0.326 e. The topological polar surface area (TPSA) is 88.2 Å². The average molecular weight is 417 g/mol. The van der Waals surface area contributed by atoms with Crippen LogP contribution in [0, 0.1) is 0 Å². The first-order valence-electron chi connectivity index (χ1n) is 9.32. The lowest BCUT2D eigenvalue weighted by molar-refractivity contribution is -0.115. The third-order valence-electron chi connectivity index (χ3n) is 4.58. The highest BCUT2D eigenvalue weighted by molar-refractivity contribution is 7.92. The zero-order valence-electron chi connectivity index (χ0n) is 15.9. The summed E-state index contributed by atoms with van der Waals surface area (Å²) in [6.45, 7) is 0. The predicted octanol–water partition coefficient (Wildman–Crippen LogP) is 4.22. The zero-order chi connectivity index (χ0) is 21.0. The molecule has 0 spiro atoms. The fourth-order valence-corrected chi connectivity index (χ4v) is 4.17. The molecule has 0 aliphatic heterocycles. The van der Waals surface area contributed by atoms with Crippen LogP contribution in [0.2, 0.25) is 0 Å². The SMILES string of the molecule is O=C(Cc1cccc2ccccc12)Nc1ccc(S(=O)(=O)Nc2ccccn2)cc1. The molecule has 4 aromatic rings. The minimum atomic E-state index is -3.76. The number of amides is 1. The number of anilines is 2. The number of hydrogen-bond acceptors (Lipinski definition) is 4. The molecule has 7 heteroatoms. The van der Waals surface area contributed by atoms with Crippen molar-refractivity contribution in [2.45, 2.75) is 11.3 Å². The molecule has 0 unspecified atom stereocenters. The number of fused-ring (bicyclic) bond motifs is 1. The molecule has 30 heavy (non-hydrogen) atoms. The molecule has 0 saturated heterocycles. The van der Waals surface area contributed by atoms with Gasteiger partial charge in [-0.3, -0.25) is 9.52 Å². The van der Waals surface area contributed by atoms with E-state index in [9.17, 15) is 13.2 Å². The van der Waals surface area contributed by atoms with E-state index in [-0.39, 0.29) is 23.0 Å². The van der Waals surface area contributed by atoms with E-state index in [4.69, 9.17) is 0 Å². The quantitative estimate of drug-likeness (QED) is 0.492. The number of pyridine rings is 1. The van der Waals surface area contributed by atoms with E-state index < -0.39 is 10.0 Å². The molecule has 150 valence electrons. The summed E-state index contributed by atoms with van der Waals surface area (Å²) in [4.78, 5) is 16.5. The van der Waals surface area contributed by atoms with Crippen molar-refractivity contribution in [1.29, 1.82) is 0 Å². The van der Waals surface area contributed by atoms with Gasteiger partial charge in [0.15, 0.2) is 0 Å². The van der Waals surface area contributed by atoms with Gasteiger partial charge in [-0.15, -0.1) is 0 Å². The van der Waals surface area contributed by atoms with Gasteiger partial charge in [0.1, 0.15) is 5.82 Å². The van der Waals surface area contributed by atoms with Crippen molar-refractivity contribution in [3.05, 3.63) is 96.7 Å². The van der Waals surface area contributed by atoms with Crippen molar-refractivity contribution < 1.29 is 13.2 Å². The second-order valence-corrected chi connectivity index (χ2v) is 8.39. The molecule has 4 rings (SSSR count). The van der Waals surface area contributed by atoms with E-state index in [1.165, 1.54) is 18.3 Å². The molecule has 0 aliphatic carbocycles. The Balaban J connectivity index is 1.45. The summed E-state index contributed by atoms with van der Waals surface area (Å²) in [5.41, 5.74) is 1.46. The molecule has 3 aromatic carbocycles. The molecule has 0 saturated carbocycles. The molecule has 1 aromatic heterocycles. The van der Waals surface area contributed by atoms with Gasteiger partial charge in [0.05, 0.1) is 11.3 Å². The number of rotatable bonds is 6. The van der Waals surface area contributed by atoms with Crippen molar-refractivity contribution in [2.75, 3.05) is 10.0 Å². The van der Waals surface area contributed by atoms with Crippen LogP contribution in [0.5, 0.6) is 0 Å². The Labute approximate surface area is 174 Å². The van der Waals surface area contributed by atoms with Gasteiger partial charge >= 0.3 is 0 Å². The molecule has 2 N–H and O–H groups in total. The highest BCUT2D eigenvalue weighted by atomic mass is 32.2. The molecular formula is C23H19N3O3S. The Kier molecular flexibility index (Phi) is 5.45. The maximum atomic E-state index is 12.5. The maximum Gasteiger partial charge on any atom is 0.263 e. The normalized spacial score (nSPS) is 11.2. The standard InChI is InChI=1S/C23H19N3O3S/c27-23(16-18-8-5-7-17-6-1-2-9-21(17)18)25-19-11-13-20(14-12-19)30(28,29)26-22-10-3-4-15-24-22/h1-15H,16H2,(H,24,26)(H,25,27).